The molecule has 7 nitrogen and oxygen atoms in total. The third kappa shape index (κ3) is 4.82. The van der Waals surface area contributed by atoms with Crippen molar-refractivity contribution in [3.05, 3.63) is 53.0 Å². The highest BCUT2D eigenvalue weighted by molar-refractivity contribution is 7.89. The van der Waals surface area contributed by atoms with Crippen LogP contribution in [-0.4, -0.2) is 33.0 Å². The number of thiazole rings is 1. The lowest BCUT2D eigenvalue weighted by Gasteiger charge is -2.08. The molecule has 0 bridgehead atoms. The van der Waals surface area contributed by atoms with Gasteiger partial charge in [-0.3, -0.25) is 4.79 Å². The van der Waals surface area contributed by atoms with Gasteiger partial charge in [-0.05, 0) is 42.8 Å². The Morgan fingerprint density at radius 2 is 1.93 bits per heavy atom. The van der Waals surface area contributed by atoms with Crippen molar-refractivity contribution in [1.29, 1.82) is 0 Å². The topological polar surface area (TPSA) is 97.4 Å². The molecule has 0 saturated carbocycles. The van der Waals surface area contributed by atoms with E-state index >= 15 is 0 Å². The lowest BCUT2D eigenvalue weighted by atomic mass is 10.2. The van der Waals surface area contributed by atoms with Gasteiger partial charge in [0.25, 0.3) is 0 Å². The van der Waals surface area contributed by atoms with E-state index in [0.717, 1.165) is 26.5 Å². The molecular weight excluding hydrogens is 386 g/mol. The zero-order chi connectivity index (χ0) is 19.4. The number of carbonyl (C=O) groups excluding carboxylic acids is 1. The lowest BCUT2D eigenvalue weighted by Crippen LogP contribution is -2.36. The van der Waals surface area contributed by atoms with Crippen LogP contribution in [0, 0.1) is 6.92 Å². The zero-order valence-electron chi connectivity index (χ0n) is 14.9. The molecule has 1 amide bonds. The van der Waals surface area contributed by atoms with Crippen LogP contribution in [0.25, 0.3) is 10.2 Å². The van der Waals surface area contributed by atoms with Crippen LogP contribution in [0.4, 0.5) is 0 Å². The van der Waals surface area contributed by atoms with Crippen molar-refractivity contribution < 1.29 is 17.9 Å². The molecule has 0 saturated heterocycles. The number of aryl methyl sites for hydroxylation is 1. The molecule has 0 fully saturated rings. The second kappa shape index (κ2) is 8.03. The Balaban J connectivity index is 1.57. The molecule has 2 aromatic carbocycles. The summed E-state index contributed by atoms with van der Waals surface area (Å²) in [4.78, 5) is 16.4. The van der Waals surface area contributed by atoms with E-state index < -0.39 is 15.9 Å². The van der Waals surface area contributed by atoms with Crippen LogP contribution >= 0.6 is 11.3 Å². The minimum atomic E-state index is -3.78. The summed E-state index contributed by atoms with van der Waals surface area (Å²) in [5.41, 5.74) is 1.65. The first-order valence-corrected chi connectivity index (χ1v) is 10.4. The van der Waals surface area contributed by atoms with E-state index in [2.05, 4.69) is 15.0 Å². The van der Waals surface area contributed by atoms with E-state index in [0.29, 0.717) is 6.54 Å². The standard InChI is InChI=1S/C18H19N3O4S2/c1-12-21-16-8-7-15(9-17(16)26-12)27(23,24)20-11-18(22)19-10-13-3-5-14(25-2)6-4-13/h3-9,20H,10-11H2,1-2H3,(H,19,22). The molecule has 9 heteroatoms. The number of amides is 1. The number of methoxy groups -OCH3 is 1. The monoisotopic (exact) mass is 405 g/mol. The van der Waals surface area contributed by atoms with E-state index in [-0.39, 0.29) is 11.4 Å². The highest BCUT2D eigenvalue weighted by Gasteiger charge is 2.16. The van der Waals surface area contributed by atoms with E-state index in [1.807, 2.05) is 19.1 Å². The predicted octanol–water partition coefficient (Wildman–Crippen LogP) is 2.21. The molecule has 1 aromatic heterocycles. The number of ether oxygens (including phenoxy) is 1. The van der Waals surface area contributed by atoms with Crippen molar-refractivity contribution in [3.63, 3.8) is 0 Å². The van der Waals surface area contributed by atoms with Crippen LogP contribution in [0.3, 0.4) is 0 Å². The normalized spacial score (nSPS) is 11.5. The number of rotatable bonds is 7. The fraction of sp³-hybridized carbons (Fsp3) is 0.222. The van der Waals surface area contributed by atoms with Crippen molar-refractivity contribution in [2.24, 2.45) is 0 Å². The Kier molecular flexibility index (Phi) is 5.73. The van der Waals surface area contributed by atoms with Gasteiger partial charge in [0.2, 0.25) is 15.9 Å². The number of hydrogen-bond donors (Lipinski definition) is 2. The summed E-state index contributed by atoms with van der Waals surface area (Å²) < 4.78 is 33.0. The van der Waals surface area contributed by atoms with Gasteiger partial charge in [0.15, 0.2) is 0 Å². The molecule has 0 aliphatic carbocycles. The predicted molar refractivity (Wildman–Crippen MR) is 104 cm³/mol. The number of nitrogens with one attached hydrogen (secondary N) is 2. The van der Waals surface area contributed by atoms with Crippen LogP contribution in [0.15, 0.2) is 47.4 Å². The molecular formula is C18H19N3O4S2. The summed E-state index contributed by atoms with van der Waals surface area (Å²) in [7, 11) is -2.20. The van der Waals surface area contributed by atoms with Gasteiger partial charge in [-0.2, -0.15) is 0 Å². The first kappa shape index (κ1) is 19.3. The number of carbonyl (C=O) groups is 1. The third-order valence-electron chi connectivity index (χ3n) is 3.85. The first-order chi connectivity index (χ1) is 12.9. The molecule has 3 aromatic rings. The number of aromatic nitrogens is 1. The highest BCUT2D eigenvalue weighted by atomic mass is 32.2. The summed E-state index contributed by atoms with van der Waals surface area (Å²) in [6.45, 7) is 1.83. The van der Waals surface area contributed by atoms with Gasteiger partial charge in [0.1, 0.15) is 5.75 Å². The molecule has 2 N–H and O–H groups in total. The third-order valence-corrected chi connectivity index (χ3v) is 6.18. The summed E-state index contributed by atoms with van der Waals surface area (Å²) in [6, 6.07) is 12.0. The first-order valence-electron chi connectivity index (χ1n) is 8.14. The number of fused-ring (bicyclic) bond motifs is 1. The molecule has 0 aliphatic rings. The number of nitrogens with zero attached hydrogens (tertiary/aromatic N) is 1. The molecule has 3 rings (SSSR count). The summed E-state index contributed by atoms with van der Waals surface area (Å²) >= 11 is 1.42. The number of hydrogen-bond acceptors (Lipinski definition) is 6. The second-order valence-corrected chi connectivity index (χ2v) is 8.81. The zero-order valence-corrected chi connectivity index (χ0v) is 16.5. The Morgan fingerprint density at radius 3 is 2.63 bits per heavy atom. The summed E-state index contributed by atoms with van der Waals surface area (Å²) in [5, 5.41) is 3.54. The quantitative estimate of drug-likeness (QED) is 0.628. The number of benzene rings is 2. The molecule has 0 unspecified atom stereocenters. The van der Waals surface area contributed by atoms with Crippen molar-refractivity contribution in [2.45, 2.75) is 18.4 Å². The van der Waals surface area contributed by atoms with Gasteiger partial charge in [0, 0.05) is 6.54 Å². The van der Waals surface area contributed by atoms with Crippen LogP contribution < -0.4 is 14.8 Å². The van der Waals surface area contributed by atoms with Gasteiger partial charge < -0.3 is 10.1 Å². The Morgan fingerprint density at radius 1 is 1.19 bits per heavy atom. The van der Waals surface area contributed by atoms with Crippen molar-refractivity contribution in [3.8, 4) is 5.75 Å². The van der Waals surface area contributed by atoms with Crippen molar-refractivity contribution in [1.82, 2.24) is 15.0 Å². The summed E-state index contributed by atoms with van der Waals surface area (Å²) in [5.74, 6) is 0.315. The fourth-order valence-corrected chi connectivity index (χ4v) is 4.39. The van der Waals surface area contributed by atoms with Crippen LogP contribution in [0.5, 0.6) is 5.75 Å². The molecule has 0 spiro atoms. The van der Waals surface area contributed by atoms with E-state index in [4.69, 9.17) is 4.74 Å². The smallest absolute Gasteiger partial charge is 0.241 e. The largest absolute Gasteiger partial charge is 0.497 e. The van der Waals surface area contributed by atoms with E-state index in [9.17, 15) is 13.2 Å². The van der Waals surface area contributed by atoms with Gasteiger partial charge in [-0.1, -0.05) is 12.1 Å². The van der Waals surface area contributed by atoms with Gasteiger partial charge >= 0.3 is 0 Å². The van der Waals surface area contributed by atoms with Gasteiger partial charge in [0.05, 0.1) is 33.8 Å². The maximum absolute atomic E-state index is 12.4. The average molecular weight is 406 g/mol. The minimum Gasteiger partial charge on any atom is -0.497 e. The molecule has 1 heterocycles. The Bertz CT molecular complexity index is 1060. The number of sulfonamides is 1. The van der Waals surface area contributed by atoms with E-state index in [1.165, 1.54) is 17.4 Å². The molecule has 0 aliphatic heterocycles. The maximum atomic E-state index is 12.4. The molecule has 27 heavy (non-hydrogen) atoms. The van der Waals surface area contributed by atoms with Crippen molar-refractivity contribution >= 4 is 37.5 Å². The van der Waals surface area contributed by atoms with Gasteiger partial charge in [-0.25, -0.2) is 18.1 Å². The van der Waals surface area contributed by atoms with Crippen molar-refractivity contribution in [2.75, 3.05) is 13.7 Å². The van der Waals surface area contributed by atoms with Crippen LogP contribution in [0.2, 0.25) is 0 Å². The Labute approximate surface area is 161 Å². The minimum absolute atomic E-state index is 0.113. The van der Waals surface area contributed by atoms with Crippen LogP contribution in [0.1, 0.15) is 10.6 Å². The van der Waals surface area contributed by atoms with Crippen LogP contribution in [-0.2, 0) is 21.4 Å². The highest BCUT2D eigenvalue weighted by Crippen LogP contribution is 2.24. The van der Waals surface area contributed by atoms with Gasteiger partial charge in [-0.15, -0.1) is 11.3 Å². The fourth-order valence-electron chi connectivity index (χ4n) is 2.44. The average Bonchev–Trinajstić information content (AvgIpc) is 3.04. The Hall–Kier alpha value is -2.49. The molecule has 0 radical (unpaired) electrons. The summed E-state index contributed by atoms with van der Waals surface area (Å²) in [6.07, 6.45) is 0. The SMILES string of the molecule is COc1ccc(CNC(=O)CNS(=O)(=O)c2ccc3nc(C)sc3c2)cc1. The lowest BCUT2D eigenvalue weighted by molar-refractivity contribution is -0.120. The second-order valence-electron chi connectivity index (χ2n) is 5.81. The molecule has 0 atom stereocenters. The van der Waals surface area contributed by atoms with E-state index in [1.54, 1.807) is 31.4 Å². The molecule has 142 valence electrons. The maximum Gasteiger partial charge on any atom is 0.241 e.